The maximum Gasteiger partial charge on any atom is 0.251 e. The van der Waals surface area contributed by atoms with Gasteiger partial charge in [-0.15, -0.1) is 0 Å². The highest BCUT2D eigenvalue weighted by Gasteiger charge is 2.32. The fourth-order valence-corrected chi connectivity index (χ4v) is 3.08. The minimum Gasteiger partial charge on any atom is -0.365 e. The summed E-state index contributed by atoms with van der Waals surface area (Å²) < 4.78 is 5.70. The average molecular weight is 283 g/mol. The van der Waals surface area contributed by atoms with Gasteiger partial charge in [-0.1, -0.05) is 0 Å². The molecule has 0 aliphatic carbocycles. The van der Waals surface area contributed by atoms with Crippen molar-refractivity contribution >= 4 is 5.91 Å². The second-order valence-corrected chi connectivity index (χ2v) is 6.03. The quantitative estimate of drug-likeness (QED) is 0.759. The van der Waals surface area contributed by atoms with E-state index in [9.17, 15) is 4.79 Å². The molecule has 5 heteroatoms. The highest BCUT2D eigenvalue weighted by Crippen LogP contribution is 2.21. The molecule has 5 nitrogen and oxygen atoms in total. The number of ether oxygens (including phenoxy) is 1. The van der Waals surface area contributed by atoms with Gasteiger partial charge in [0.25, 0.3) is 5.91 Å². The van der Waals surface area contributed by atoms with Crippen molar-refractivity contribution in [3.8, 4) is 0 Å². The Hall–Kier alpha value is -0.650. The molecule has 0 aromatic carbocycles. The monoisotopic (exact) mass is 283 g/mol. The van der Waals surface area contributed by atoms with E-state index < -0.39 is 0 Å². The molecular weight excluding hydrogens is 254 g/mol. The van der Waals surface area contributed by atoms with Crippen LogP contribution >= 0.6 is 0 Å². The molecule has 2 atom stereocenters. The maximum atomic E-state index is 12.4. The number of unbranched alkanes of at least 4 members (excludes halogenated alkanes) is 1. The molecule has 2 aliphatic rings. The first-order chi connectivity index (χ1) is 9.70. The summed E-state index contributed by atoms with van der Waals surface area (Å²) in [6.07, 6.45) is 5.26. The molecular formula is C15H29N3O2. The average Bonchev–Trinajstić information content (AvgIpc) is 2.74. The Morgan fingerprint density at radius 2 is 2.05 bits per heavy atom. The van der Waals surface area contributed by atoms with Gasteiger partial charge in [0.15, 0.2) is 0 Å². The van der Waals surface area contributed by atoms with Crippen molar-refractivity contribution in [2.75, 3.05) is 39.3 Å². The molecule has 2 aliphatic heterocycles. The number of nitrogens with two attached hydrogens (primary N) is 1. The highest BCUT2D eigenvalue weighted by molar-refractivity contribution is 5.81. The molecule has 1 amide bonds. The van der Waals surface area contributed by atoms with Gasteiger partial charge >= 0.3 is 0 Å². The van der Waals surface area contributed by atoms with Crippen LogP contribution < -0.4 is 5.73 Å². The van der Waals surface area contributed by atoms with Crippen LogP contribution in [-0.4, -0.2) is 67.2 Å². The maximum absolute atomic E-state index is 12.4. The first-order valence-corrected chi connectivity index (χ1v) is 8.07. The predicted molar refractivity (Wildman–Crippen MR) is 79.5 cm³/mol. The number of amides is 1. The molecule has 0 aromatic rings. The zero-order valence-corrected chi connectivity index (χ0v) is 12.7. The first kappa shape index (κ1) is 15.7. The van der Waals surface area contributed by atoms with Gasteiger partial charge in [0.1, 0.15) is 6.10 Å². The Labute approximate surface area is 122 Å². The molecule has 0 radical (unpaired) electrons. The zero-order chi connectivity index (χ0) is 14.4. The molecule has 2 N–H and O–H groups in total. The molecule has 2 saturated heterocycles. The van der Waals surface area contributed by atoms with Crippen molar-refractivity contribution in [3.63, 3.8) is 0 Å². The van der Waals surface area contributed by atoms with E-state index in [2.05, 4.69) is 11.8 Å². The number of nitrogens with zero attached hydrogens (tertiary/aromatic N) is 2. The Bertz CT molecular complexity index is 311. The normalized spacial score (nSPS) is 28.6. The van der Waals surface area contributed by atoms with Gasteiger partial charge in [0, 0.05) is 19.6 Å². The minimum atomic E-state index is -0.186. The summed E-state index contributed by atoms with van der Waals surface area (Å²) >= 11 is 0. The van der Waals surface area contributed by atoms with Gasteiger partial charge in [0.05, 0.1) is 6.10 Å². The topological polar surface area (TPSA) is 58.8 Å². The number of rotatable bonds is 5. The summed E-state index contributed by atoms with van der Waals surface area (Å²) in [5, 5.41) is 0. The standard InChI is InChI=1S/C15H29N3O2/c1-13-5-6-14(20-13)15(19)18-10-4-9-17(11-12-18)8-3-2-7-16/h13-14H,2-12,16H2,1H3. The van der Waals surface area contributed by atoms with E-state index in [4.69, 9.17) is 10.5 Å². The van der Waals surface area contributed by atoms with Gasteiger partial charge in [-0.25, -0.2) is 0 Å². The molecule has 2 heterocycles. The summed E-state index contributed by atoms with van der Waals surface area (Å²) in [6.45, 7) is 7.73. The number of hydrogen-bond acceptors (Lipinski definition) is 4. The second-order valence-electron chi connectivity index (χ2n) is 6.03. The Morgan fingerprint density at radius 1 is 1.20 bits per heavy atom. The van der Waals surface area contributed by atoms with E-state index in [0.29, 0.717) is 0 Å². The molecule has 2 unspecified atom stereocenters. The third kappa shape index (κ3) is 4.43. The summed E-state index contributed by atoms with van der Waals surface area (Å²) in [7, 11) is 0. The van der Waals surface area contributed by atoms with E-state index in [0.717, 1.165) is 71.4 Å². The van der Waals surface area contributed by atoms with E-state index >= 15 is 0 Å². The van der Waals surface area contributed by atoms with Crippen molar-refractivity contribution < 1.29 is 9.53 Å². The Balaban J connectivity index is 1.75. The lowest BCUT2D eigenvalue weighted by atomic mass is 10.2. The van der Waals surface area contributed by atoms with Gasteiger partial charge < -0.3 is 20.3 Å². The van der Waals surface area contributed by atoms with Crippen molar-refractivity contribution in [3.05, 3.63) is 0 Å². The van der Waals surface area contributed by atoms with Crippen LogP contribution in [0.25, 0.3) is 0 Å². The zero-order valence-electron chi connectivity index (χ0n) is 12.7. The molecule has 0 bridgehead atoms. The summed E-state index contributed by atoms with van der Waals surface area (Å²) in [5.74, 6) is 0.207. The van der Waals surface area contributed by atoms with Crippen molar-refractivity contribution in [1.82, 2.24) is 9.80 Å². The summed E-state index contributed by atoms with van der Waals surface area (Å²) in [6, 6.07) is 0. The van der Waals surface area contributed by atoms with E-state index in [1.165, 1.54) is 0 Å². The second kappa shape index (κ2) is 7.96. The van der Waals surface area contributed by atoms with Crippen LogP contribution in [0.2, 0.25) is 0 Å². The van der Waals surface area contributed by atoms with Crippen molar-refractivity contribution in [1.29, 1.82) is 0 Å². The number of carbonyl (C=O) groups excluding carboxylic acids is 1. The van der Waals surface area contributed by atoms with Gasteiger partial charge in [0.2, 0.25) is 0 Å². The van der Waals surface area contributed by atoms with Gasteiger partial charge in [-0.2, -0.15) is 0 Å². The van der Waals surface area contributed by atoms with E-state index in [1.807, 2.05) is 4.90 Å². The van der Waals surface area contributed by atoms with Crippen LogP contribution in [0.3, 0.4) is 0 Å². The highest BCUT2D eigenvalue weighted by atomic mass is 16.5. The molecule has 0 spiro atoms. The van der Waals surface area contributed by atoms with Crippen LogP contribution in [0, 0.1) is 0 Å². The molecule has 0 aromatic heterocycles. The van der Waals surface area contributed by atoms with Crippen LogP contribution in [-0.2, 0) is 9.53 Å². The fourth-order valence-electron chi connectivity index (χ4n) is 3.08. The van der Waals surface area contributed by atoms with Crippen LogP contribution in [0.4, 0.5) is 0 Å². The summed E-state index contributed by atoms with van der Waals surface area (Å²) in [5.41, 5.74) is 5.53. The Kier molecular flexibility index (Phi) is 6.26. The van der Waals surface area contributed by atoms with Gasteiger partial charge in [-0.3, -0.25) is 4.79 Å². The summed E-state index contributed by atoms with van der Waals surface area (Å²) in [4.78, 5) is 16.9. The first-order valence-electron chi connectivity index (χ1n) is 8.07. The molecule has 0 saturated carbocycles. The van der Waals surface area contributed by atoms with Crippen LogP contribution in [0.5, 0.6) is 0 Å². The predicted octanol–water partition coefficient (Wildman–Crippen LogP) is 0.827. The van der Waals surface area contributed by atoms with E-state index in [-0.39, 0.29) is 18.1 Å². The Morgan fingerprint density at radius 3 is 2.75 bits per heavy atom. The molecule has 2 rings (SSSR count). The van der Waals surface area contributed by atoms with Gasteiger partial charge in [-0.05, 0) is 58.7 Å². The minimum absolute atomic E-state index is 0.186. The van der Waals surface area contributed by atoms with Crippen molar-refractivity contribution in [2.24, 2.45) is 5.73 Å². The lowest BCUT2D eigenvalue weighted by molar-refractivity contribution is -0.142. The lowest BCUT2D eigenvalue weighted by Gasteiger charge is -2.24. The van der Waals surface area contributed by atoms with Crippen molar-refractivity contribution in [2.45, 2.75) is 51.2 Å². The van der Waals surface area contributed by atoms with E-state index in [1.54, 1.807) is 0 Å². The third-order valence-corrected chi connectivity index (χ3v) is 4.34. The number of carbonyl (C=O) groups is 1. The molecule has 20 heavy (non-hydrogen) atoms. The lowest BCUT2D eigenvalue weighted by Crippen LogP contribution is -2.41. The SMILES string of the molecule is CC1CCC(C(=O)N2CCCN(CCCCN)CC2)O1. The molecule has 2 fully saturated rings. The number of hydrogen-bond donors (Lipinski definition) is 1. The fraction of sp³-hybridized carbons (Fsp3) is 0.933. The van der Waals surface area contributed by atoms with Crippen LogP contribution in [0.15, 0.2) is 0 Å². The third-order valence-electron chi connectivity index (χ3n) is 4.34. The molecule has 116 valence electrons. The van der Waals surface area contributed by atoms with Crippen LogP contribution in [0.1, 0.15) is 39.0 Å². The smallest absolute Gasteiger partial charge is 0.251 e. The largest absolute Gasteiger partial charge is 0.365 e.